The Morgan fingerprint density at radius 2 is 1.12 bits per heavy atom. The molecule has 7 aromatic carbocycles. The van der Waals surface area contributed by atoms with E-state index in [1.165, 1.54) is 38.1 Å². The molecule has 0 unspecified atom stereocenters. The van der Waals surface area contributed by atoms with E-state index < -0.39 is 0 Å². The van der Waals surface area contributed by atoms with E-state index in [-0.39, 0.29) is 0 Å². The summed E-state index contributed by atoms with van der Waals surface area (Å²) in [7, 11) is 0. The second kappa shape index (κ2) is 9.14. The highest BCUT2D eigenvalue weighted by Crippen LogP contribution is 2.43. The lowest BCUT2D eigenvalue weighted by molar-refractivity contribution is 0.669. The number of fused-ring (bicyclic) bond motifs is 6. The Bertz CT molecular complexity index is 2160. The van der Waals surface area contributed by atoms with Crippen molar-refractivity contribution in [1.29, 1.82) is 0 Å². The predicted molar refractivity (Wildman–Crippen MR) is 169 cm³/mol. The quantitative estimate of drug-likeness (QED) is 0.234. The van der Waals surface area contributed by atoms with Crippen LogP contribution in [0.25, 0.3) is 54.6 Å². The molecule has 0 bridgehead atoms. The Kier molecular flexibility index (Phi) is 5.17. The van der Waals surface area contributed by atoms with Crippen LogP contribution in [0.4, 0.5) is 17.1 Å². The summed E-state index contributed by atoms with van der Waals surface area (Å²) in [4.78, 5) is 2.34. The molecule has 0 aliphatic rings. The van der Waals surface area contributed by atoms with E-state index in [0.29, 0.717) is 0 Å². The monoisotopic (exact) mass is 511 g/mol. The van der Waals surface area contributed by atoms with Crippen LogP contribution in [0.5, 0.6) is 0 Å². The molecule has 0 spiro atoms. The second-order valence-corrected chi connectivity index (χ2v) is 10.2. The van der Waals surface area contributed by atoms with Gasteiger partial charge in [-0.15, -0.1) is 0 Å². The van der Waals surface area contributed by atoms with Gasteiger partial charge >= 0.3 is 0 Å². The van der Waals surface area contributed by atoms with Crippen molar-refractivity contribution in [1.82, 2.24) is 0 Å². The van der Waals surface area contributed by atoms with E-state index in [4.69, 9.17) is 4.42 Å². The van der Waals surface area contributed by atoms with E-state index in [0.717, 1.165) is 33.6 Å². The zero-order chi connectivity index (χ0) is 26.5. The molecule has 1 aromatic heterocycles. The third kappa shape index (κ3) is 3.58. The van der Waals surface area contributed by atoms with Gasteiger partial charge in [0.2, 0.25) is 0 Å². The third-order valence-electron chi connectivity index (χ3n) is 7.84. The molecule has 8 rings (SSSR count). The first-order chi connectivity index (χ1) is 19.8. The first-order valence-corrected chi connectivity index (χ1v) is 13.6. The SMILES string of the molecule is c1ccc(-c2ccc(N(c3ccccc3)c3ccc4c(c3)oc3ccc5ccccc5c34)c3ccccc23)cc1. The summed E-state index contributed by atoms with van der Waals surface area (Å²) < 4.78 is 6.46. The van der Waals surface area contributed by atoms with Crippen molar-refractivity contribution in [2.45, 2.75) is 0 Å². The fourth-order valence-electron chi connectivity index (χ4n) is 6.03. The lowest BCUT2D eigenvalue weighted by Crippen LogP contribution is -2.10. The normalized spacial score (nSPS) is 11.5. The topological polar surface area (TPSA) is 16.4 Å². The predicted octanol–water partition coefficient (Wildman–Crippen LogP) is 11.0. The standard InChI is InChI=1S/C38H25NO/c1-3-11-26(12-4-1)30-22-23-35(33-18-10-9-17-32(30)33)39(28-14-5-2-6-15-28)29-20-21-34-37(25-29)40-36-24-19-27-13-7-8-16-31(27)38(34)36/h1-25H. The number of nitrogens with zero attached hydrogens (tertiary/aromatic N) is 1. The second-order valence-electron chi connectivity index (χ2n) is 10.2. The Hall–Kier alpha value is -5.34. The van der Waals surface area contributed by atoms with E-state index in [2.05, 4.69) is 157 Å². The van der Waals surface area contributed by atoms with Crippen LogP contribution < -0.4 is 4.90 Å². The number of benzene rings is 7. The van der Waals surface area contributed by atoms with Crippen molar-refractivity contribution >= 4 is 60.5 Å². The van der Waals surface area contributed by atoms with Crippen molar-refractivity contribution in [2.24, 2.45) is 0 Å². The Balaban J connectivity index is 1.37. The van der Waals surface area contributed by atoms with Gasteiger partial charge in [-0.25, -0.2) is 0 Å². The minimum absolute atomic E-state index is 0.884. The molecule has 0 amide bonds. The van der Waals surface area contributed by atoms with Crippen LogP contribution in [0.2, 0.25) is 0 Å². The van der Waals surface area contributed by atoms with Crippen molar-refractivity contribution in [3.8, 4) is 11.1 Å². The average molecular weight is 512 g/mol. The minimum atomic E-state index is 0.884. The molecule has 0 N–H and O–H groups in total. The molecule has 40 heavy (non-hydrogen) atoms. The molecule has 0 fully saturated rings. The highest BCUT2D eigenvalue weighted by Gasteiger charge is 2.19. The lowest BCUT2D eigenvalue weighted by atomic mass is 9.96. The van der Waals surface area contributed by atoms with Gasteiger partial charge in [0.25, 0.3) is 0 Å². The van der Waals surface area contributed by atoms with Crippen molar-refractivity contribution in [2.75, 3.05) is 4.90 Å². The van der Waals surface area contributed by atoms with Gasteiger partial charge in [-0.05, 0) is 63.7 Å². The molecule has 0 radical (unpaired) electrons. The molecule has 0 aliphatic heterocycles. The fourth-order valence-corrected chi connectivity index (χ4v) is 6.03. The molecular formula is C38H25NO. The Labute approximate surface area is 232 Å². The van der Waals surface area contributed by atoms with Crippen LogP contribution >= 0.6 is 0 Å². The number of para-hydroxylation sites is 1. The third-order valence-corrected chi connectivity index (χ3v) is 7.84. The zero-order valence-corrected chi connectivity index (χ0v) is 21.8. The molecule has 0 saturated heterocycles. The Morgan fingerprint density at radius 1 is 0.425 bits per heavy atom. The molecule has 0 atom stereocenters. The Morgan fingerprint density at radius 3 is 1.95 bits per heavy atom. The van der Waals surface area contributed by atoms with Crippen molar-refractivity contribution in [3.05, 3.63) is 152 Å². The number of furan rings is 1. The number of hydrogen-bond donors (Lipinski definition) is 0. The molecule has 0 saturated carbocycles. The van der Waals surface area contributed by atoms with Crippen molar-refractivity contribution < 1.29 is 4.42 Å². The maximum absolute atomic E-state index is 6.46. The maximum Gasteiger partial charge on any atom is 0.137 e. The summed E-state index contributed by atoms with van der Waals surface area (Å²) in [5, 5.41) is 7.16. The largest absolute Gasteiger partial charge is 0.456 e. The fraction of sp³-hybridized carbons (Fsp3) is 0. The smallest absolute Gasteiger partial charge is 0.137 e. The highest BCUT2D eigenvalue weighted by molar-refractivity contribution is 6.19. The molecule has 2 heteroatoms. The number of anilines is 3. The highest BCUT2D eigenvalue weighted by atomic mass is 16.3. The summed E-state index contributed by atoms with van der Waals surface area (Å²) in [6.45, 7) is 0. The van der Waals surface area contributed by atoms with E-state index >= 15 is 0 Å². The molecular weight excluding hydrogens is 486 g/mol. The van der Waals surface area contributed by atoms with Gasteiger partial charge in [-0.3, -0.25) is 0 Å². The molecule has 8 aromatic rings. The van der Waals surface area contributed by atoms with Gasteiger partial charge in [-0.2, -0.15) is 0 Å². The molecule has 0 aliphatic carbocycles. The summed E-state index contributed by atoms with van der Waals surface area (Å²) in [6, 6.07) is 53.7. The van der Waals surface area contributed by atoms with E-state index in [9.17, 15) is 0 Å². The van der Waals surface area contributed by atoms with Gasteiger partial charge < -0.3 is 9.32 Å². The van der Waals surface area contributed by atoms with Gasteiger partial charge in [0.1, 0.15) is 11.2 Å². The number of hydrogen-bond acceptors (Lipinski definition) is 2. The molecule has 188 valence electrons. The molecule has 2 nitrogen and oxygen atoms in total. The zero-order valence-electron chi connectivity index (χ0n) is 21.8. The van der Waals surface area contributed by atoms with Gasteiger partial charge in [0, 0.05) is 33.6 Å². The van der Waals surface area contributed by atoms with Gasteiger partial charge in [-0.1, -0.05) is 109 Å². The van der Waals surface area contributed by atoms with Crippen LogP contribution in [-0.4, -0.2) is 0 Å². The van der Waals surface area contributed by atoms with Crippen molar-refractivity contribution in [3.63, 3.8) is 0 Å². The number of rotatable bonds is 4. The summed E-state index contributed by atoms with van der Waals surface area (Å²) in [5.41, 5.74) is 7.52. The maximum atomic E-state index is 6.46. The minimum Gasteiger partial charge on any atom is -0.456 e. The van der Waals surface area contributed by atoms with Crippen LogP contribution in [0.3, 0.4) is 0 Å². The summed E-state index contributed by atoms with van der Waals surface area (Å²) in [5.74, 6) is 0. The van der Waals surface area contributed by atoms with E-state index in [1.54, 1.807) is 0 Å². The van der Waals surface area contributed by atoms with Crippen LogP contribution in [0, 0.1) is 0 Å². The first kappa shape index (κ1) is 22.6. The summed E-state index contributed by atoms with van der Waals surface area (Å²) >= 11 is 0. The first-order valence-electron chi connectivity index (χ1n) is 13.6. The molecule has 1 heterocycles. The van der Waals surface area contributed by atoms with Gasteiger partial charge in [0.15, 0.2) is 0 Å². The van der Waals surface area contributed by atoms with Crippen LogP contribution in [0.1, 0.15) is 0 Å². The van der Waals surface area contributed by atoms with Gasteiger partial charge in [0.05, 0.1) is 5.69 Å². The van der Waals surface area contributed by atoms with Crippen LogP contribution in [-0.2, 0) is 0 Å². The average Bonchev–Trinajstić information content (AvgIpc) is 3.41. The lowest BCUT2D eigenvalue weighted by Gasteiger charge is -2.27. The van der Waals surface area contributed by atoms with Crippen LogP contribution in [0.15, 0.2) is 156 Å². The summed E-state index contributed by atoms with van der Waals surface area (Å²) in [6.07, 6.45) is 0. The van der Waals surface area contributed by atoms with E-state index in [1.807, 2.05) is 0 Å².